The Kier molecular flexibility index (Phi) is 4.68. The summed E-state index contributed by atoms with van der Waals surface area (Å²) >= 11 is 0. The molecule has 5 nitrogen and oxygen atoms in total. The summed E-state index contributed by atoms with van der Waals surface area (Å²) in [7, 11) is 0. The van der Waals surface area contributed by atoms with Crippen molar-refractivity contribution < 1.29 is 9.59 Å². The first-order chi connectivity index (χ1) is 11.7. The zero-order valence-electron chi connectivity index (χ0n) is 14.6. The summed E-state index contributed by atoms with van der Waals surface area (Å²) in [6, 6.07) is 0.454. The molecule has 3 aliphatic carbocycles. The van der Waals surface area contributed by atoms with E-state index in [-0.39, 0.29) is 18.0 Å². The molecule has 3 saturated carbocycles. The molecule has 0 radical (unpaired) electrons. The first-order valence-electron chi connectivity index (χ1n) is 10.1. The number of fused-ring (bicyclic) bond motifs is 1. The molecule has 0 aromatic rings. The Bertz CT molecular complexity index is 489. The van der Waals surface area contributed by atoms with Crippen molar-refractivity contribution in [2.45, 2.75) is 76.3 Å². The second-order valence-corrected chi connectivity index (χ2v) is 8.41. The van der Waals surface area contributed by atoms with E-state index in [1.54, 1.807) is 0 Å². The monoisotopic (exact) mass is 333 g/mol. The summed E-state index contributed by atoms with van der Waals surface area (Å²) in [4.78, 5) is 27.0. The number of urea groups is 1. The summed E-state index contributed by atoms with van der Waals surface area (Å²) in [5.41, 5.74) is 0. The van der Waals surface area contributed by atoms with Crippen molar-refractivity contribution in [3.63, 3.8) is 0 Å². The highest BCUT2D eigenvalue weighted by atomic mass is 16.2. The first kappa shape index (κ1) is 16.2. The lowest BCUT2D eigenvalue weighted by molar-refractivity contribution is -0.139. The van der Waals surface area contributed by atoms with Gasteiger partial charge in [-0.2, -0.15) is 0 Å². The van der Waals surface area contributed by atoms with Crippen LogP contribution in [0.15, 0.2) is 0 Å². The topological polar surface area (TPSA) is 61.4 Å². The van der Waals surface area contributed by atoms with E-state index in [2.05, 4.69) is 10.6 Å². The van der Waals surface area contributed by atoms with E-state index in [0.29, 0.717) is 24.4 Å². The van der Waals surface area contributed by atoms with E-state index in [1.165, 1.54) is 38.5 Å². The number of carbonyl (C=O) groups is 2. The zero-order chi connectivity index (χ0) is 16.5. The van der Waals surface area contributed by atoms with Crippen molar-refractivity contribution in [3.8, 4) is 0 Å². The minimum Gasteiger partial charge on any atom is -0.340 e. The van der Waals surface area contributed by atoms with Crippen molar-refractivity contribution >= 4 is 11.9 Å². The van der Waals surface area contributed by atoms with E-state index in [0.717, 1.165) is 38.1 Å². The molecule has 5 heteroatoms. The van der Waals surface area contributed by atoms with Gasteiger partial charge in [-0.15, -0.1) is 0 Å². The van der Waals surface area contributed by atoms with Gasteiger partial charge < -0.3 is 15.5 Å². The molecule has 4 unspecified atom stereocenters. The Hall–Kier alpha value is -1.26. The summed E-state index contributed by atoms with van der Waals surface area (Å²) in [5, 5.41) is 6.02. The molecule has 1 saturated heterocycles. The van der Waals surface area contributed by atoms with Crippen LogP contribution in [-0.4, -0.2) is 42.0 Å². The van der Waals surface area contributed by atoms with Gasteiger partial charge in [-0.1, -0.05) is 32.1 Å². The minimum atomic E-state index is -0.0539. The van der Waals surface area contributed by atoms with Crippen molar-refractivity contribution in [2.75, 3.05) is 13.1 Å². The maximum absolute atomic E-state index is 13.1. The van der Waals surface area contributed by atoms with Gasteiger partial charge in [-0.05, 0) is 43.9 Å². The van der Waals surface area contributed by atoms with Gasteiger partial charge in [0.05, 0.1) is 0 Å². The summed E-state index contributed by atoms with van der Waals surface area (Å²) in [5.74, 6) is 2.05. The second-order valence-electron chi connectivity index (χ2n) is 8.41. The average Bonchev–Trinajstić information content (AvgIpc) is 3.28. The normalized spacial score (nSPS) is 36.1. The van der Waals surface area contributed by atoms with E-state index >= 15 is 0 Å². The lowest BCUT2D eigenvalue weighted by atomic mass is 9.65. The minimum absolute atomic E-state index is 0.0539. The molecule has 1 heterocycles. The van der Waals surface area contributed by atoms with Crippen LogP contribution in [0, 0.1) is 17.8 Å². The van der Waals surface area contributed by atoms with Crippen LogP contribution in [0.4, 0.5) is 4.79 Å². The highest BCUT2D eigenvalue weighted by Gasteiger charge is 2.41. The quantitative estimate of drug-likeness (QED) is 0.834. The molecular weight excluding hydrogens is 302 g/mol. The maximum atomic E-state index is 13.1. The maximum Gasteiger partial charge on any atom is 0.315 e. The third-order valence-corrected chi connectivity index (χ3v) is 6.64. The molecule has 0 spiro atoms. The van der Waals surface area contributed by atoms with Crippen LogP contribution in [0.5, 0.6) is 0 Å². The fraction of sp³-hybridized carbons (Fsp3) is 0.895. The Balaban J connectivity index is 1.30. The number of hydrogen-bond donors (Lipinski definition) is 2. The molecule has 4 atom stereocenters. The third kappa shape index (κ3) is 3.55. The van der Waals surface area contributed by atoms with Gasteiger partial charge in [0.1, 0.15) is 0 Å². The molecule has 1 aliphatic heterocycles. The van der Waals surface area contributed by atoms with Crippen molar-refractivity contribution in [3.05, 3.63) is 0 Å². The Morgan fingerprint density at radius 1 is 0.792 bits per heavy atom. The van der Waals surface area contributed by atoms with Gasteiger partial charge >= 0.3 is 6.03 Å². The number of carbonyl (C=O) groups excluding carboxylic acids is 2. The number of likely N-dealkylation sites (tertiary alicyclic amines) is 1. The standard InChI is InChI=1S/C19H31N3O2/c23-18(17-7-3-5-13-4-1-2-6-16(13)17)22-11-10-15(12-22)21-19(24)20-14-8-9-14/h13-17H,1-12H2,(H2,20,21,24). The van der Waals surface area contributed by atoms with Crippen LogP contribution in [0.2, 0.25) is 0 Å². The average molecular weight is 333 g/mol. The fourth-order valence-electron chi connectivity index (χ4n) is 5.20. The Morgan fingerprint density at radius 2 is 1.54 bits per heavy atom. The Labute approximate surface area is 144 Å². The molecule has 4 aliphatic rings. The van der Waals surface area contributed by atoms with Crippen molar-refractivity contribution in [2.24, 2.45) is 17.8 Å². The molecule has 24 heavy (non-hydrogen) atoms. The molecule has 0 bridgehead atoms. The third-order valence-electron chi connectivity index (χ3n) is 6.64. The van der Waals surface area contributed by atoms with Crippen molar-refractivity contribution in [1.29, 1.82) is 0 Å². The largest absolute Gasteiger partial charge is 0.340 e. The smallest absolute Gasteiger partial charge is 0.315 e. The van der Waals surface area contributed by atoms with Crippen LogP contribution in [0.1, 0.15) is 64.2 Å². The van der Waals surface area contributed by atoms with Gasteiger partial charge in [0.15, 0.2) is 0 Å². The van der Waals surface area contributed by atoms with Crippen LogP contribution in [0.3, 0.4) is 0 Å². The van der Waals surface area contributed by atoms with Gasteiger partial charge in [-0.3, -0.25) is 4.79 Å². The molecule has 2 N–H and O–H groups in total. The summed E-state index contributed by atoms with van der Waals surface area (Å²) in [6.45, 7) is 1.51. The molecule has 134 valence electrons. The predicted molar refractivity (Wildman–Crippen MR) is 92.5 cm³/mol. The van der Waals surface area contributed by atoms with E-state index in [4.69, 9.17) is 0 Å². The van der Waals surface area contributed by atoms with E-state index < -0.39 is 0 Å². The van der Waals surface area contributed by atoms with Gasteiger partial charge in [0.2, 0.25) is 5.91 Å². The van der Waals surface area contributed by atoms with Gasteiger partial charge in [-0.25, -0.2) is 4.79 Å². The zero-order valence-corrected chi connectivity index (χ0v) is 14.6. The first-order valence-corrected chi connectivity index (χ1v) is 10.1. The summed E-state index contributed by atoms with van der Waals surface area (Å²) < 4.78 is 0. The molecule has 3 amide bonds. The Morgan fingerprint density at radius 3 is 2.38 bits per heavy atom. The van der Waals surface area contributed by atoms with E-state index in [1.807, 2.05) is 4.90 Å². The highest BCUT2D eigenvalue weighted by molar-refractivity contribution is 5.80. The highest BCUT2D eigenvalue weighted by Crippen LogP contribution is 2.44. The van der Waals surface area contributed by atoms with Gasteiger partial charge in [0.25, 0.3) is 0 Å². The van der Waals surface area contributed by atoms with Crippen LogP contribution >= 0.6 is 0 Å². The molecule has 0 aromatic carbocycles. The molecule has 4 rings (SSSR count). The SMILES string of the molecule is O=C(NC1CC1)NC1CCN(C(=O)C2CCCC3CCCCC32)C1. The fourth-order valence-corrected chi connectivity index (χ4v) is 5.20. The molecule has 4 fully saturated rings. The van der Waals surface area contributed by atoms with Gasteiger partial charge in [0, 0.05) is 31.1 Å². The van der Waals surface area contributed by atoms with Crippen LogP contribution in [0.25, 0.3) is 0 Å². The van der Waals surface area contributed by atoms with Crippen LogP contribution < -0.4 is 10.6 Å². The number of nitrogens with one attached hydrogen (secondary N) is 2. The predicted octanol–water partition coefficient (Wildman–Crippen LogP) is 2.66. The lowest BCUT2D eigenvalue weighted by Gasteiger charge is -2.41. The van der Waals surface area contributed by atoms with Crippen LogP contribution in [-0.2, 0) is 4.79 Å². The summed E-state index contributed by atoms with van der Waals surface area (Å²) in [6.07, 6.45) is 12.0. The second kappa shape index (κ2) is 6.93. The number of hydrogen-bond acceptors (Lipinski definition) is 2. The molecular formula is C19H31N3O2. The number of amides is 3. The van der Waals surface area contributed by atoms with E-state index in [9.17, 15) is 9.59 Å². The lowest BCUT2D eigenvalue weighted by Crippen LogP contribution is -2.46. The number of rotatable bonds is 3. The number of nitrogens with zero attached hydrogens (tertiary/aromatic N) is 1. The van der Waals surface area contributed by atoms with Crippen molar-refractivity contribution in [1.82, 2.24) is 15.5 Å². The molecule has 0 aromatic heterocycles.